The first-order chi connectivity index (χ1) is 9.56. The third kappa shape index (κ3) is 5.60. The second-order valence-electron chi connectivity index (χ2n) is 7.42. The van der Waals surface area contributed by atoms with Gasteiger partial charge in [-0.3, -0.25) is 4.90 Å². The summed E-state index contributed by atoms with van der Waals surface area (Å²) in [6.45, 7) is 11.9. The van der Waals surface area contributed by atoms with Crippen molar-refractivity contribution in [3.8, 4) is 0 Å². The Balaban J connectivity index is 2.76. The molecule has 0 heterocycles. The molecular formula is C18H37NS. The van der Waals surface area contributed by atoms with E-state index in [2.05, 4.69) is 32.6 Å². The summed E-state index contributed by atoms with van der Waals surface area (Å²) in [7, 11) is 0. The summed E-state index contributed by atoms with van der Waals surface area (Å²) in [6, 6.07) is 0.852. The van der Waals surface area contributed by atoms with Crippen molar-refractivity contribution in [1.82, 2.24) is 4.90 Å². The summed E-state index contributed by atoms with van der Waals surface area (Å²) in [4.78, 5) is 2.83. The maximum atomic E-state index is 4.75. The first-order valence-electron chi connectivity index (χ1n) is 8.91. The molecule has 0 atom stereocenters. The molecule has 1 aliphatic rings. The molecule has 1 rings (SSSR count). The normalized spacial score (nSPS) is 17.6. The third-order valence-electron chi connectivity index (χ3n) is 4.88. The summed E-state index contributed by atoms with van der Waals surface area (Å²) in [6.07, 6.45) is 11.0. The smallest absolute Gasteiger partial charge is 0.00956 e. The van der Waals surface area contributed by atoms with E-state index in [0.717, 1.165) is 17.7 Å². The van der Waals surface area contributed by atoms with Crippen LogP contribution in [0.25, 0.3) is 0 Å². The quantitative estimate of drug-likeness (QED) is 0.528. The molecule has 0 spiro atoms. The molecule has 0 aromatic rings. The molecule has 0 amide bonds. The summed E-state index contributed by atoms with van der Waals surface area (Å²) in [5.74, 6) is 1.83. The molecular weight excluding hydrogens is 262 g/mol. The van der Waals surface area contributed by atoms with E-state index in [1.54, 1.807) is 0 Å². The predicted molar refractivity (Wildman–Crippen MR) is 94.8 cm³/mol. The molecule has 0 aromatic heterocycles. The summed E-state index contributed by atoms with van der Waals surface area (Å²) >= 11 is 4.75. The van der Waals surface area contributed by atoms with Gasteiger partial charge in [-0.05, 0) is 42.8 Å². The molecule has 0 saturated heterocycles. The Labute approximate surface area is 133 Å². The standard InChI is InChI=1S/C18H37NS/c1-5-11-18(15-20,12-6-2)14-19(13-16(3)4)17-9-7-8-10-17/h16-17,20H,5-15H2,1-4H3. The van der Waals surface area contributed by atoms with Gasteiger partial charge in [0.05, 0.1) is 0 Å². The lowest BCUT2D eigenvalue weighted by Gasteiger charge is -2.41. The molecule has 1 saturated carbocycles. The van der Waals surface area contributed by atoms with Crippen LogP contribution in [0.5, 0.6) is 0 Å². The largest absolute Gasteiger partial charge is 0.300 e. The Hall–Kier alpha value is 0.310. The topological polar surface area (TPSA) is 3.24 Å². The highest BCUT2D eigenvalue weighted by atomic mass is 32.1. The monoisotopic (exact) mass is 299 g/mol. The highest BCUT2D eigenvalue weighted by molar-refractivity contribution is 7.80. The van der Waals surface area contributed by atoms with Gasteiger partial charge in [-0.15, -0.1) is 0 Å². The minimum absolute atomic E-state index is 0.449. The zero-order valence-electron chi connectivity index (χ0n) is 14.3. The molecule has 0 bridgehead atoms. The van der Waals surface area contributed by atoms with E-state index in [1.807, 2.05) is 0 Å². The van der Waals surface area contributed by atoms with Gasteiger partial charge in [0, 0.05) is 19.1 Å². The molecule has 1 aliphatic carbocycles. The average molecular weight is 300 g/mol. The van der Waals surface area contributed by atoms with Crippen LogP contribution in [0, 0.1) is 11.3 Å². The highest BCUT2D eigenvalue weighted by Gasteiger charge is 2.33. The van der Waals surface area contributed by atoms with Crippen molar-refractivity contribution < 1.29 is 0 Å². The average Bonchev–Trinajstić information content (AvgIpc) is 2.91. The lowest BCUT2D eigenvalue weighted by atomic mass is 9.80. The Kier molecular flexibility index (Phi) is 8.59. The van der Waals surface area contributed by atoms with Crippen LogP contribution in [-0.4, -0.2) is 29.8 Å². The zero-order valence-corrected chi connectivity index (χ0v) is 15.2. The van der Waals surface area contributed by atoms with Crippen molar-refractivity contribution in [3.05, 3.63) is 0 Å². The van der Waals surface area contributed by atoms with Crippen molar-refractivity contribution in [2.24, 2.45) is 11.3 Å². The fourth-order valence-electron chi connectivity index (χ4n) is 4.06. The van der Waals surface area contributed by atoms with Gasteiger partial charge < -0.3 is 0 Å². The van der Waals surface area contributed by atoms with Crippen molar-refractivity contribution in [2.45, 2.75) is 85.1 Å². The van der Waals surface area contributed by atoms with Gasteiger partial charge in [0.15, 0.2) is 0 Å². The van der Waals surface area contributed by atoms with E-state index in [9.17, 15) is 0 Å². The van der Waals surface area contributed by atoms with Crippen molar-refractivity contribution in [1.29, 1.82) is 0 Å². The molecule has 1 nitrogen and oxygen atoms in total. The van der Waals surface area contributed by atoms with Crippen LogP contribution >= 0.6 is 12.6 Å². The highest BCUT2D eigenvalue weighted by Crippen LogP contribution is 2.35. The second-order valence-corrected chi connectivity index (χ2v) is 7.74. The fourth-order valence-corrected chi connectivity index (χ4v) is 4.48. The maximum absolute atomic E-state index is 4.75. The van der Waals surface area contributed by atoms with Crippen LogP contribution in [0.15, 0.2) is 0 Å². The predicted octanol–water partition coefficient (Wildman–Crippen LogP) is 5.40. The van der Waals surface area contributed by atoms with Gasteiger partial charge in [0.2, 0.25) is 0 Å². The first kappa shape index (κ1) is 18.4. The first-order valence-corrected chi connectivity index (χ1v) is 9.55. The van der Waals surface area contributed by atoms with Crippen LogP contribution in [0.2, 0.25) is 0 Å². The minimum atomic E-state index is 0.449. The second kappa shape index (κ2) is 9.35. The summed E-state index contributed by atoms with van der Waals surface area (Å²) in [5, 5.41) is 0. The Morgan fingerprint density at radius 1 is 1.10 bits per heavy atom. The van der Waals surface area contributed by atoms with Crippen molar-refractivity contribution in [2.75, 3.05) is 18.8 Å². The molecule has 0 aromatic carbocycles. The fraction of sp³-hybridized carbons (Fsp3) is 1.00. The molecule has 1 fully saturated rings. The van der Waals surface area contributed by atoms with Crippen LogP contribution < -0.4 is 0 Å². The van der Waals surface area contributed by atoms with E-state index in [0.29, 0.717) is 5.41 Å². The van der Waals surface area contributed by atoms with E-state index < -0.39 is 0 Å². The van der Waals surface area contributed by atoms with Crippen LogP contribution in [-0.2, 0) is 0 Å². The number of hydrogen-bond donors (Lipinski definition) is 1. The molecule has 20 heavy (non-hydrogen) atoms. The number of rotatable bonds is 10. The van der Waals surface area contributed by atoms with Gasteiger partial charge in [-0.2, -0.15) is 12.6 Å². The SMILES string of the molecule is CCCC(CS)(CCC)CN(CC(C)C)C1CCCC1. The van der Waals surface area contributed by atoms with Crippen molar-refractivity contribution in [3.63, 3.8) is 0 Å². The molecule has 0 unspecified atom stereocenters. The minimum Gasteiger partial charge on any atom is -0.300 e. The van der Waals surface area contributed by atoms with Gasteiger partial charge in [-0.25, -0.2) is 0 Å². The molecule has 0 radical (unpaired) electrons. The number of nitrogens with zero attached hydrogens (tertiary/aromatic N) is 1. The van der Waals surface area contributed by atoms with Crippen molar-refractivity contribution >= 4 is 12.6 Å². The molecule has 0 aliphatic heterocycles. The number of thiol groups is 1. The van der Waals surface area contributed by atoms with Gasteiger partial charge in [0.25, 0.3) is 0 Å². The Bertz CT molecular complexity index is 240. The van der Waals surface area contributed by atoms with E-state index in [-0.39, 0.29) is 0 Å². The van der Waals surface area contributed by atoms with Gasteiger partial charge >= 0.3 is 0 Å². The molecule has 2 heteroatoms. The van der Waals surface area contributed by atoms with E-state index in [1.165, 1.54) is 64.5 Å². The summed E-state index contributed by atoms with van der Waals surface area (Å²) < 4.78 is 0. The zero-order chi connectivity index (χ0) is 15.0. The van der Waals surface area contributed by atoms with Gasteiger partial charge in [0.1, 0.15) is 0 Å². The summed E-state index contributed by atoms with van der Waals surface area (Å²) in [5.41, 5.74) is 0.449. The van der Waals surface area contributed by atoms with Crippen LogP contribution in [0.3, 0.4) is 0 Å². The van der Waals surface area contributed by atoms with Crippen LogP contribution in [0.4, 0.5) is 0 Å². The lowest BCUT2D eigenvalue weighted by Crippen LogP contribution is -2.45. The van der Waals surface area contributed by atoms with Crippen LogP contribution in [0.1, 0.15) is 79.1 Å². The molecule has 120 valence electrons. The Morgan fingerprint density at radius 2 is 1.65 bits per heavy atom. The molecule has 0 N–H and O–H groups in total. The van der Waals surface area contributed by atoms with Gasteiger partial charge in [-0.1, -0.05) is 53.4 Å². The van der Waals surface area contributed by atoms with E-state index >= 15 is 0 Å². The lowest BCUT2D eigenvalue weighted by molar-refractivity contribution is 0.0965. The maximum Gasteiger partial charge on any atom is 0.00956 e. The number of hydrogen-bond acceptors (Lipinski definition) is 2. The van der Waals surface area contributed by atoms with E-state index in [4.69, 9.17) is 12.6 Å². The third-order valence-corrected chi connectivity index (χ3v) is 5.55. The Morgan fingerprint density at radius 3 is 2.05 bits per heavy atom.